The van der Waals surface area contributed by atoms with Gasteiger partial charge in [0.25, 0.3) is 0 Å². The molecule has 1 heterocycles. The molecule has 0 saturated heterocycles. The zero-order valence-electron chi connectivity index (χ0n) is 10.1. The molecule has 1 aliphatic rings. The van der Waals surface area contributed by atoms with E-state index < -0.39 is 0 Å². The van der Waals surface area contributed by atoms with E-state index in [1.165, 1.54) is 23.5 Å². The highest BCUT2D eigenvalue weighted by Gasteiger charge is 2.45. The van der Waals surface area contributed by atoms with E-state index in [1.54, 1.807) is 0 Å². The summed E-state index contributed by atoms with van der Waals surface area (Å²) in [6.07, 6.45) is 2.59. The van der Waals surface area contributed by atoms with Gasteiger partial charge in [-0.3, -0.25) is 0 Å². The fraction of sp³-hybridized carbons (Fsp3) is 0.750. The Labute approximate surface area is 96.1 Å². The molecule has 1 saturated carbocycles. The van der Waals surface area contributed by atoms with Gasteiger partial charge in [-0.1, -0.05) is 20.8 Å². The summed E-state index contributed by atoms with van der Waals surface area (Å²) in [4.78, 5) is 4.81. The largest absolute Gasteiger partial charge is 0.319 e. The van der Waals surface area contributed by atoms with Crippen LogP contribution in [-0.4, -0.2) is 18.6 Å². The Balaban J connectivity index is 2.21. The van der Waals surface area contributed by atoms with E-state index in [4.69, 9.17) is 4.98 Å². The maximum Gasteiger partial charge on any atom is 0.0982 e. The van der Waals surface area contributed by atoms with Gasteiger partial charge in [0.05, 0.1) is 10.7 Å². The van der Waals surface area contributed by atoms with Gasteiger partial charge in [-0.05, 0) is 19.9 Å². The van der Waals surface area contributed by atoms with Crippen molar-refractivity contribution < 1.29 is 0 Å². The summed E-state index contributed by atoms with van der Waals surface area (Å²) in [6, 6.07) is 0. The van der Waals surface area contributed by atoms with Crippen LogP contribution in [0.5, 0.6) is 0 Å². The third-order valence-corrected chi connectivity index (χ3v) is 4.33. The van der Waals surface area contributed by atoms with E-state index >= 15 is 0 Å². The van der Waals surface area contributed by atoms with Crippen molar-refractivity contribution in [3.63, 3.8) is 0 Å². The minimum absolute atomic E-state index is 0.193. The van der Waals surface area contributed by atoms with Gasteiger partial charge in [-0.25, -0.2) is 4.98 Å². The Kier molecular flexibility index (Phi) is 2.63. The minimum atomic E-state index is 0.193. The summed E-state index contributed by atoms with van der Waals surface area (Å²) < 4.78 is 0. The first-order valence-corrected chi connectivity index (χ1v) is 6.47. The number of hydrogen-bond donors (Lipinski definition) is 1. The average molecular weight is 224 g/mol. The summed E-state index contributed by atoms with van der Waals surface area (Å²) in [5.74, 6) is 0. The van der Waals surface area contributed by atoms with Crippen LogP contribution in [0.1, 0.15) is 44.3 Å². The summed E-state index contributed by atoms with van der Waals surface area (Å²) in [5.41, 5.74) is 1.87. The van der Waals surface area contributed by atoms with Gasteiger partial charge in [0, 0.05) is 22.8 Å². The molecule has 0 amide bonds. The Morgan fingerprint density at radius 3 is 2.53 bits per heavy atom. The van der Waals surface area contributed by atoms with Crippen LogP contribution < -0.4 is 5.32 Å². The second-order valence-corrected chi connectivity index (χ2v) is 6.46. The minimum Gasteiger partial charge on any atom is -0.319 e. The summed E-state index contributed by atoms with van der Waals surface area (Å²) in [6.45, 7) is 7.76. The summed E-state index contributed by atoms with van der Waals surface area (Å²) in [5, 5.41) is 6.80. The highest BCUT2D eigenvalue weighted by molar-refractivity contribution is 7.09. The van der Waals surface area contributed by atoms with Crippen LogP contribution in [0.3, 0.4) is 0 Å². The van der Waals surface area contributed by atoms with E-state index in [0.29, 0.717) is 5.41 Å². The van der Waals surface area contributed by atoms with E-state index in [1.807, 2.05) is 18.4 Å². The first-order chi connectivity index (χ1) is 6.98. The van der Waals surface area contributed by atoms with Gasteiger partial charge in [-0.15, -0.1) is 11.3 Å². The molecule has 84 valence electrons. The van der Waals surface area contributed by atoms with Crippen molar-refractivity contribution in [1.82, 2.24) is 10.3 Å². The van der Waals surface area contributed by atoms with Gasteiger partial charge < -0.3 is 5.32 Å². The number of likely N-dealkylation sites (N-methyl/N-ethyl adjacent to an activating group) is 1. The highest BCUT2D eigenvalue weighted by Crippen LogP contribution is 2.48. The zero-order chi connectivity index (χ0) is 11.1. The molecular formula is C12H20N2S. The Morgan fingerprint density at radius 1 is 1.47 bits per heavy atom. The monoisotopic (exact) mass is 224 g/mol. The Morgan fingerprint density at radius 2 is 2.13 bits per heavy atom. The molecule has 0 aliphatic heterocycles. The van der Waals surface area contributed by atoms with Gasteiger partial charge in [0.15, 0.2) is 0 Å². The van der Waals surface area contributed by atoms with Crippen molar-refractivity contribution in [3.05, 3.63) is 16.1 Å². The van der Waals surface area contributed by atoms with Crippen molar-refractivity contribution in [2.24, 2.45) is 0 Å². The lowest BCUT2D eigenvalue weighted by molar-refractivity contribution is 0.567. The lowest BCUT2D eigenvalue weighted by Crippen LogP contribution is -2.24. The molecular weight excluding hydrogens is 204 g/mol. The Hall–Kier alpha value is -0.410. The van der Waals surface area contributed by atoms with Crippen molar-refractivity contribution in [2.45, 2.75) is 44.4 Å². The molecule has 0 unspecified atom stereocenters. The average Bonchev–Trinajstić information content (AvgIpc) is 2.75. The fourth-order valence-electron chi connectivity index (χ4n) is 1.87. The van der Waals surface area contributed by atoms with E-state index in [2.05, 4.69) is 31.5 Å². The number of aromatic nitrogens is 1. The van der Waals surface area contributed by atoms with Crippen molar-refractivity contribution >= 4 is 11.3 Å². The number of nitrogens with one attached hydrogen (secondary N) is 1. The molecule has 0 radical (unpaired) electrons. The first kappa shape index (κ1) is 11.1. The van der Waals surface area contributed by atoms with E-state index in [-0.39, 0.29) is 5.41 Å². The van der Waals surface area contributed by atoms with Crippen LogP contribution in [0.2, 0.25) is 0 Å². The second kappa shape index (κ2) is 3.56. The summed E-state index contributed by atoms with van der Waals surface area (Å²) >= 11 is 1.81. The predicted molar refractivity (Wildman–Crippen MR) is 65.7 cm³/mol. The number of nitrogens with zero attached hydrogens (tertiary/aromatic N) is 1. The molecule has 1 N–H and O–H groups in total. The lowest BCUT2D eigenvalue weighted by Gasteiger charge is -2.15. The maximum absolute atomic E-state index is 4.81. The molecule has 0 atom stereocenters. The zero-order valence-corrected chi connectivity index (χ0v) is 10.9. The number of thiazole rings is 1. The third kappa shape index (κ3) is 2.08. The standard InChI is InChI=1S/C12H20N2S/c1-11(2,3)10-14-9(7-15-10)12(5-6-12)8-13-4/h7,13H,5-6,8H2,1-4H3. The van der Waals surface area contributed by atoms with Gasteiger partial charge in [0.1, 0.15) is 0 Å². The van der Waals surface area contributed by atoms with Crippen molar-refractivity contribution in [3.8, 4) is 0 Å². The van der Waals surface area contributed by atoms with Crippen LogP contribution in [0, 0.1) is 0 Å². The Bertz CT molecular complexity index is 345. The number of hydrogen-bond acceptors (Lipinski definition) is 3. The van der Waals surface area contributed by atoms with Gasteiger partial charge >= 0.3 is 0 Å². The second-order valence-electron chi connectivity index (χ2n) is 5.60. The molecule has 2 nitrogen and oxygen atoms in total. The van der Waals surface area contributed by atoms with Crippen LogP contribution in [0.25, 0.3) is 0 Å². The maximum atomic E-state index is 4.81. The molecule has 1 fully saturated rings. The van der Waals surface area contributed by atoms with E-state index in [9.17, 15) is 0 Å². The summed E-state index contributed by atoms with van der Waals surface area (Å²) in [7, 11) is 2.02. The van der Waals surface area contributed by atoms with Crippen molar-refractivity contribution in [2.75, 3.05) is 13.6 Å². The lowest BCUT2D eigenvalue weighted by atomic mass is 9.97. The smallest absolute Gasteiger partial charge is 0.0982 e. The molecule has 1 aromatic heterocycles. The molecule has 2 rings (SSSR count). The molecule has 0 spiro atoms. The van der Waals surface area contributed by atoms with E-state index in [0.717, 1.165) is 6.54 Å². The van der Waals surface area contributed by atoms with Crippen LogP contribution in [0.15, 0.2) is 5.38 Å². The molecule has 1 aromatic rings. The van der Waals surface area contributed by atoms with Gasteiger partial charge in [-0.2, -0.15) is 0 Å². The normalized spacial score (nSPS) is 19.2. The molecule has 15 heavy (non-hydrogen) atoms. The quantitative estimate of drug-likeness (QED) is 0.854. The molecule has 1 aliphatic carbocycles. The van der Waals surface area contributed by atoms with Crippen LogP contribution >= 0.6 is 11.3 Å². The van der Waals surface area contributed by atoms with Crippen molar-refractivity contribution in [1.29, 1.82) is 0 Å². The topological polar surface area (TPSA) is 24.9 Å². The first-order valence-electron chi connectivity index (χ1n) is 5.59. The SMILES string of the molecule is CNCC1(c2csc(C(C)(C)C)n2)CC1. The van der Waals surface area contributed by atoms with Crippen LogP contribution in [-0.2, 0) is 10.8 Å². The third-order valence-electron chi connectivity index (χ3n) is 3.06. The fourth-order valence-corrected chi connectivity index (χ4v) is 2.91. The predicted octanol–water partition coefficient (Wildman–Crippen LogP) is 2.69. The highest BCUT2D eigenvalue weighted by atomic mass is 32.1. The number of rotatable bonds is 3. The van der Waals surface area contributed by atoms with Crippen LogP contribution in [0.4, 0.5) is 0 Å². The molecule has 0 aromatic carbocycles. The van der Waals surface area contributed by atoms with Gasteiger partial charge in [0.2, 0.25) is 0 Å². The molecule has 3 heteroatoms. The molecule has 0 bridgehead atoms.